The van der Waals surface area contributed by atoms with Crippen LogP contribution in [-0.2, 0) is 4.74 Å². The Hall–Kier alpha value is -0.970. The van der Waals surface area contributed by atoms with Crippen LogP contribution in [0.15, 0.2) is 24.3 Å². The van der Waals surface area contributed by atoms with Crippen molar-refractivity contribution in [1.29, 1.82) is 0 Å². The molecule has 118 valence electrons. The van der Waals surface area contributed by atoms with Gasteiger partial charge in [0.15, 0.2) is 0 Å². The molecule has 0 saturated carbocycles. The first kappa shape index (κ1) is 16.4. The van der Waals surface area contributed by atoms with E-state index in [-0.39, 0.29) is 17.9 Å². The minimum absolute atomic E-state index is 0.0236. The number of ether oxygens (including phenoxy) is 1. The van der Waals surface area contributed by atoms with Crippen LogP contribution in [0.2, 0.25) is 0 Å². The van der Waals surface area contributed by atoms with Gasteiger partial charge in [-0.2, -0.15) is 0 Å². The zero-order valence-electron chi connectivity index (χ0n) is 13.1. The van der Waals surface area contributed by atoms with E-state index in [2.05, 4.69) is 11.8 Å². The predicted octanol–water partition coefficient (Wildman–Crippen LogP) is 3.11. The molecule has 3 nitrogen and oxygen atoms in total. The number of piperidine rings is 1. The first-order valence-electron chi connectivity index (χ1n) is 8.02. The van der Waals surface area contributed by atoms with E-state index in [1.165, 1.54) is 6.07 Å². The number of nitrogens with two attached hydrogens (primary N) is 1. The average molecular weight is 294 g/mol. The van der Waals surface area contributed by atoms with Crippen LogP contribution in [0.1, 0.15) is 44.7 Å². The molecule has 2 N–H and O–H groups in total. The highest BCUT2D eigenvalue weighted by Gasteiger charge is 2.29. The van der Waals surface area contributed by atoms with Crippen LogP contribution in [0.4, 0.5) is 4.39 Å². The second-order valence-corrected chi connectivity index (χ2v) is 5.76. The monoisotopic (exact) mass is 294 g/mol. The van der Waals surface area contributed by atoms with E-state index in [1.54, 1.807) is 12.1 Å². The molecule has 2 unspecified atom stereocenters. The quantitative estimate of drug-likeness (QED) is 0.876. The Morgan fingerprint density at radius 1 is 1.33 bits per heavy atom. The molecule has 0 amide bonds. The second-order valence-electron chi connectivity index (χ2n) is 5.76. The van der Waals surface area contributed by atoms with Crippen LogP contribution < -0.4 is 5.73 Å². The highest BCUT2D eigenvalue weighted by molar-refractivity contribution is 5.22. The lowest BCUT2D eigenvalue weighted by Crippen LogP contribution is -2.46. The number of hydrogen-bond donors (Lipinski definition) is 1. The van der Waals surface area contributed by atoms with Crippen molar-refractivity contribution in [3.05, 3.63) is 35.6 Å². The van der Waals surface area contributed by atoms with Gasteiger partial charge in [-0.1, -0.05) is 19.1 Å². The smallest absolute Gasteiger partial charge is 0.123 e. The van der Waals surface area contributed by atoms with Gasteiger partial charge in [-0.15, -0.1) is 0 Å². The number of likely N-dealkylation sites (tertiary alicyclic amines) is 1. The Kier molecular flexibility index (Phi) is 6.15. The number of rotatable bonds is 6. The van der Waals surface area contributed by atoms with Gasteiger partial charge in [0.25, 0.3) is 0 Å². The van der Waals surface area contributed by atoms with E-state index in [0.29, 0.717) is 6.10 Å². The van der Waals surface area contributed by atoms with Crippen LogP contribution in [-0.4, -0.2) is 36.7 Å². The largest absolute Gasteiger partial charge is 0.378 e. The van der Waals surface area contributed by atoms with Crippen molar-refractivity contribution in [2.24, 2.45) is 5.73 Å². The number of nitrogens with zero attached hydrogens (tertiary/aromatic N) is 1. The lowest BCUT2D eigenvalue weighted by atomic mass is 9.93. The van der Waals surface area contributed by atoms with Crippen molar-refractivity contribution in [3.63, 3.8) is 0 Å². The molecule has 1 aromatic rings. The van der Waals surface area contributed by atoms with Gasteiger partial charge in [-0.05, 0) is 43.9 Å². The van der Waals surface area contributed by atoms with Gasteiger partial charge in [0.05, 0.1) is 6.10 Å². The highest BCUT2D eigenvalue weighted by atomic mass is 19.1. The first-order chi connectivity index (χ1) is 10.2. The molecule has 1 aromatic carbocycles. The van der Waals surface area contributed by atoms with Gasteiger partial charge < -0.3 is 10.5 Å². The van der Waals surface area contributed by atoms with Gasteiger partial charge in [0.1, 0.15) is 5.82 Å². The van der Waals surface area contributed by atoms with Crippen LogP contribution >= 0.6 is 0 Å². The minimum Gasteiger partial charge on any atom is -0.378 e. The van der Waals surface area contributed by atoms with E-state index in [0.717, 1.165) is 44.5 Å². The predicted molar refractivity (Wildman–Crippen MR) is 83.6 cm³/mol. The summed E-state index contributed by atoms with van der Waals surface area (Å²) in [5.41, 5.74) is 7.31. The summed E-state index contributed by atoms with van der Waals surface area (Å²) in [4.78, 5) is 2.39. The molecule has 2 atom stereocenters. The summed E-state index contributed by atoms with van der Waals surface area (Å²) in [6, 6.07) is 6.97. The summed E-state index contributed by atoms with van der Waals surface area (Å²) in [6.07, 6.45) is 3.29. The Morgan fingerprint density at radius 3 is 2.62 bits per heavy atom. The Bertz CT molecular complexity index is 433. The number of hydrogen-bond acceptors (Lipinski definition) is 3. The fourth-order valence-corrected chi connectivity index (χ4v) is 3.20. The van der Waals surface area contributed by atoms with Crippen molar-refractivity contribution < 1.29 is 9.13 Å². The Morgan fingerprint density at radius 2 is 2.05 bits per heavy atom. The maximum absolute atomic E-state index is 13.5. The molecular weight excluding hydrogens is 267 g/mol. The fourth-order valence-electron chi connectivity index (χ4n) is 3.20. The lowest BCUT2D eigenvalue weighted by Gasteiger charge is -2.40. The summed E-state index contributed by atoms with van der Waals surface area (Å²) in [7, 11) is 0. The van der Waals surface area contributed by atoms with E-state index < -0.39 is 0 Å². The maximum Gasteiger partial charge on any atom is 0.123 e. The summed E-state index contributed by atoms with van der Waals surface area (Å²) < 4.78 is 19.2. The molecule has 0 aromatic heterocycles. The number of halogens is 1. The highest BCUT2D eigenvalue weighted by Crippen LogP contribution is 2.29. The topological polar surface area (TPSA) is 38.5 Å². The van der Waals surface area contributed by atoms with Gasteiger partial charge in [0.2, 0.25) is 0 Å². The summed E-state index contributed by atoms with van der Waals surface area (Å²) in [5.74, 6) is -0.190. The van der Waals surface area contributed by atoms with Crippen molar-refractivity contribution in [2.75, 3.05) is 19.7 Å². The maximum atomic E-state index is 13.5. The average Bonchev–Trinajstić information content (AvgIpc) is 2.49. The van der Waals surface area contributed by atoms with E-state index >= 15 is 0 Å². The number of benzene rings is 1. The third-order valence-corrected chi connectivity index (χ3v) is 4.34. The van der Waals surface area contributed by atoms with E-state index in [4.69, 9.17) is 10.5 Å². The van der Waals surface area contributed by atoms with Gasteiger partial charge in [-0.3, -0.25) is 4.90 Å². The third kappa shape index (κ3) is 4.25. The van der Waals surface area contributed by atoms with E-state index in [9.17, 15) is 4.39 Å². The van der Waals surface area contributed by atoms with Crippen LogP contribution in [0.5, 0.6) is 0 Å². The Balaban J connectivity index is 2.11. The van der Waals surface area contributed by atoms with Crippen molar-refractivity contribution in [2.45, 2.75) is 51.3 Å². The summed E-state index contributed by atoms with van der Waals surface area (Å²) in [6.45, 7) is 6.81. The lowest BCUT2D eigenvalue weighted by molar-refractivity contribution is 0.000311. The van der Waals surface area contributed by atoms with Crippen LogP contribution in [0, 0.1) is 5.82 Å². The standard InChI is InChI=1S/C17H27FN2O/c1-3-16(19)17(13-6-5-7-14(18)12-13)20-10-8-15(9-11-20)21-4-2/h5-7,12,15-17H,3-4,8-11,19H2,1-2H3. The molecule has 1 saturated heterocycles. The normalized spacial score (nSPS) is 20.4. The molecular formula is C17H27FN2O. The second kappa shape index (κ2) is 7.87. The summed E-state index contributed by atoms with van der Waals surface area (Å²) >= 11 is 0. The van der Waals surface area contributed by atoms with Gasteiger partial charge >= 0.3 is 0 Å². The molecule has 0 bridgehead atoms. The van der Waals surface area contributed by atoms with Gasteiger partial charge in [-0.25, -0.2) is 4.39 Å². The molecule has 21 heavy (non-hydrogen) atoms. The van der Waals surface area contributed by atoms with Crippen molar-refractivity contribution in [1.82, 2.24) is 4.90 Å². The Labute approximate surface area is 127 Å². The molecule has 4 heteroatoms. The third-order valence-electron chi connectivity index (χ3n) is 4.34. The van der Waals surface area contributed by atoms with Crippen molar-refractivity contribution >= 4 is 0 Å². The zero-order chi connectivity index (χ0) is 15.2. The molecule has 1 aliphatic heterocycles. The molecule has 0 radical (unpaired) electrons. The summed E-state index contributed by atoms with van der Waals surface area (Å²) in [5, 5.41) is 0. The first-order valence-corrected chi connectivity index (χ1v) is 8.02. The van der Waals surface area contributed by atoms with Gasteiger partial charge in [0, 0.05) is 31.8 Å². The molecule has 1 heterocycles. The van der Waals surface area contributed by atoms with Crippen LogP contribution in [0.3, 0.4) is 0 Å². The van der Waals surface area contributed by atoms with Crippen molar-refractivity contribution in [3.8, 4) is 0 Å². The molecule has 2 rings (SSSR count). The molecule has 1 fully saturated rings. The van der Waals surface area contributed by atoms with E-state index in [1.807, 2.05) is 13.0 Å². The SMILES string of the molecule is CCOC1CCN(C(c2cccc(F)c2)C(N)CC)CC1. The fraction of sp³-hybridized carbons (Fsp3) is 0.647. The van der Waals surface area contributed by atoms with Crippen LogP contribution in [0.25, 0.3) is 0 Å². The zero-order valence-corrected chi connectivity index (χ0v) is 13.1. The minimum atomic E-state index is -0.190. The molecule has 0 aliphatic carbocycles. The molecule has 1 aliphatic rings. The molecule has 0 spiro atoms.